The summed E-state index contributed by atoms with van der Waals surface area (Å²) in [6.45, 7) is 0.986. The van der Waals surface area contributed by atoms with Crippen LogP contribution in [0.4, 0.5) is 0 Å². The minimum atomic E-state index is -0.0554. The maximum Gasteiger partial charge on any atom is 0.242 e. The largest absolute Gasteiger partial charge is 0.467 e. The predicted octanol–water partition coefficient (Wildman–Crippen LogP) is 4.43. The van der Waals surface area contributed by atoms with Crippen molar-refractivity contribution >= 4 is 11.8 Å². The molecule has 1 aromatic heterocycles. The Labute approximate surface area is 183 Å². The molecule has 0 unspecified atom stereocenters. The number of rotatable bonds is 10. The molecule has 0 atom stereocenters. The van der Waals surface area contributed by atoms with E-state index in [2.05, 4.69) is 0 Å². The molecule has 5 heteroatoms. The van der Waals surface area contributed by atoms with Crippen molar-refractivity contribution in [1.82, 2.24) is 9.80 Å². The van der Waals surface area contributed by atoms with Crippen molar-refractivity contribution < 1.29 is 14.0 Å². The molecule has 31 heavy (non-hydrogen) atoms. The third-order valence-electron chi connectivity index (χ3n) is 5.58. The van der Waals surface area contributed by atoms with Gasteiger partial charge in [0.1, 0.15) is 12.3 Å². The number of carbonyl (C=O) groups excluding carboxylic acids is 2. The zero-order valence-corrected chi connectivity index (χ0v) is 17.7. The molecule has 0 bridgehead atoms. The lowest BCUT2D eigenvalue weighted by Gasteiger charge is -2.27. The van der Waals surface area contributed by atoms with E-state index >= 15 is 0 Å². The van der Waals surface area contributed by atoms with Gasteiger partial charge in [-0.25, -0.2) is 0 Å². The van der Waals surface area contributed by atoms with Crippen LogP contribution in [0.3, 0.4) is 0 Å². The molecule has 1 aliphatic carbocycles. The van der Waals surface area contributed by atoms with Crippen LogP contribution >= 0.6 is 0 Å². The second-order valence-electron chi connectivity index (χ2n) is 8.05. The summed E-state index contributed by atoms with van der Waals surface area (Å²) < 4.78 is 5.48. The summed E-state index contributed by atoms with van der Waals surface area (Å²) >= 11 is 0. The van der Waals surface area contributed by atoms with E-state index in [-0.39, 0.29) is 24.4 Å². The summed E-state index contributed by atoms with van der Waals surface area (Å²) in [7, 11) is 0. The second-order valence-corrected chi connectivity index (χ2v) is 8.05. The fourth-order valence-electron chi connectivity index (χ4n) is 3.72. The van der Waals surface area contributed by atoms with Gasteiger partial charge in [0.25, 0.3) is 0 Å². The molecule has 1 aliphatic rings. The van der Waals surface area contributed by atoms with Crippen LogP contribution in [-0.2, 0) is 29.1 Å². The van der Waals surface area contributed by atoms with Gasteiger partial charge in [-0.1, -0.05) is 60.7 Å². The molecule has 1 fully saturated rings. The Morgan fingerprint density at radius 3 is 2.10 bits per heavy atom. The lowest BCUT2D eigenvalue weighted by atomic mass is 10.1. The molecule has 0 spiro atoms. The molecule has 1 heterocycles. The lowest BCUT2D eigenvalue weighted by molar-refractivity contribution is -0.141. The van der Waals surface area contributed by atoms with Gasteiger partial charge in [-0.05, 0) is 42.5 Å². The van der Waals surface area contributed by atoms with Gasteiger partial charge in [-0.15, -0.1) is 0 Å². The van der Waals surface area contributed by atoms with Gasteiger partial charge in [0.2, 0.25) is 11.8 Å². The van der Waals surface area contributed by atoms with Crippen LogP contribution < -0.4 is 0 Å². The molecule has 4 rings (SSSR count). The van der Waals surface area contributed by atoms with E-state index in [0.717, 1.165) is 29.7 Å². The van der Waals surface area contributed by atoms with E-state index in [9.17, 15) is 9.59 Å². The zero-order chi connectivity index (χ0) is 21.5. The first-order valence-electron chi connectivity index (χ1n) is 10.9. The topological polar surface area (TPSA) is 53.8 Å². The minimum absolute atomic E-state index is 0.0531. The Hall–Kier alpha value is -3.34. The smallest absolute Gasteiger partial charge is 0.242 e. The lowest BCUT2D eigenvalue weighted by Crippen LogP contribution is -2.43. The molecular weight excluding hydrogens is 388 g/mol. The van der Waals surface area contributed by atoms with E-state index in [1.54, 1.807) is 16.1 Å². The Morgan fingerprint density at radius 2 is 1.48 bits per heavy atom. The Bertz CT molecular complexity index is 966. The zero-order valence-electron chi connectivity index (χ0n) is 17.7. The Morgan fingerprint density at radius 1 is 0.806 bits per heavy atom. The van der Waals surface area contributed by atoms with Crippen LogP contribution in [0, 0.1) is 0 Å². The van der Waals surface area contributed by atoms with Crippen molar-refractivity contribution in [2.75, 3.05) is 6.54 Å². The number of nitrogens with zero attached hydrogens (tertiary/aromatic N) is 2. The highest BCUT2D eigenvalue weighted by Gasteiger charge is 2.34. The second kappa shape index (κ2) is 10.1. The maximum absolute atomic E-state index is 13.3. The molecule has 2 amide bonds. The number of hydrogen-bond acceptors (Lipinski definition) is 3. The van der Waals surface area contributed by atoms with Gasteiger partial charge in [-0.3, -0.25) is 9.59 Å². The van der Waals surface area contributed by atoms with Crippen molar-refractivity contribution in [3.05, 3.63) is 95.9 Å². The highest BCUT2D eigenvalue weighted by molar-refractivity contribution is 5.85. The number of furan rings is 1. The van der Waals surface area contributed by atoms with Crippen LogP contribution in [-0.4, -0.2) is 34.2 Å². The van der Waals surface area contributed by atoms with Crippen LogP contribution in [0.1, 0.15) is 36.1 Å². The maximum atomic E-state index is 13.3. The van der Waals surface area contributed by atoms with Gasteiger partial charge in [-0.2, -0.15) is 0 Å². The molecule has 2 aromatic carbocycles. The molecular formula is C26H28N2O3. The number of aryl methyl sites for hydroxylation is 1. The number of benzene rings is 2. The minimum Gasteiger partial charge on any atom is -0.467 e. The average molecular weight is 417 g/mol. The molecule has 0 radical (unpaired) electrons. The van der Waals surface area contributed by atoms with Gasteiger partial charge in [0.15, 0.2) is 0 Å². The summed E-state index contributed by atoms with van der Waals surface area (Å²) in [4.78, 5) is 29.8. The van der Waals surface area contributed by atoms with Crippen molar-refractivity contribution in [2.45, 2.75) is 44.8 Å². The van der Waals surface area contributed by atoms with E-state index in [1.165, 1.54) is 0 Å². The third-order valence-corrected chi connectivity index (χ3v) is 5.58. The van der Waals surface area contributed by atoms with E-state index in [0.29, 0.717) is 25.9 Å². The van der Waals surface area contributed by atoms with Gasteiger partial charge in [0, 0.05) is 19.0 Å². The van der Waals surface area contributed by atoms with Crippen LogP contribution in [0.5, 0.6) is 0 Å². The van der Waals surface area contributed by atoms with E-state index in [4.69, 9.17) is 4.42 Å². The standard InChI is InChI=1S/C26H28N2O3/c29-25(16-13-21-8-3-1-4-9-21)28(23-14-15-23)20-26(30)27(19-24-12-7-17-31-24)18-22-10-5-2-6-11-22/h1-12,17,23H,13-16,18-20H2. The van der Waals surface area contributed by atoms with Crippen LogP contribution in [0.15, 0.2) is 83.5 Å². The molecule has 1 saturated carbocycles. The highest BCUT2D eigenvalue weighted by atomic mass is 16.3. The first-order chi connectivity index (χ1) is 15.2. The normalized spacial score (nSPS) is 13.0. The molecule has 3 aromatic rings. The van der Waals surface area contributed by atoms with E-state index in [1.807, 2.05) is 72.8 Å². The van der Waals surface area contributed by atoms with Gasteiger partial charge < -0.3 is 14.2 Å². The highest BCUT2D eigenvalue weighted by Crippen LogP contribution is 2.28. The van der Waals surface area contributed by atoms with Crippen molar-refractivity contribution in [3.8, 4) is 0 Å². The molecule has 0 N–H and O–H groups in total. The summed E-state index contributed by atoms with van der Waals surface area (Å²) in [6, 6.07) is 23.8. The number of hydrogen-bond donors (Lipinski definition) is 0. The summed E-state index contributed by atoms with van der Waals surface area (Å²) in [6.07, 6.45) is 4.68. The van der Waals surface area contributed by atoms with Crippen molar-refractivity contribution in [3.63, 3.8) is 0 Å². The number of amides is 2. The summed E-state index contributed by atoms with van der Waals surface area (Å²) in [5.41, 5.74) is 2.19. The fourth-order valence-corrected chi connectivity index (χ4v) is 3.72. The Balaban J connectivity index is 1.42. The third kappa shape index (κ3) is 6.07. The van der Waals surface area contributed by atoms with Gasteiger partial charge in [0.05, 0.1) is 12.8 Å². The Kier molecular flexibility index (Phi) is 6.82. The monoisotopic (exact) mass is 416 g/mol. The van der Waals surface area contributed by atoms with Crippen LogP contribution in [0.25, 0.3) is 0 Å². The molecule has 0 aliphatic heterocycles. The quantitative estimate of drug-likeness (QED) is 0.491. The number of carbonyl (C=O) groups is 2. The van der Waals surface area contributed by atoms with Gasteiger partial charge >= 0.3 is 0 Å². The summed E-state index contributed by atoms with van der Waals surface area (Å²) in [5.74, 6) is 0.732. The van der Waals surface area contributed by atoms with Crippen molar-refractivity contribution in [1.29, 1.82) is 0 Å². The van der Waals surface area contributed by atoms with Crippen molar-refractivity contribution in [2.24, 2.45) is 0 Å². The summed E-state index contributed by atoms with van der Waals surface area (Å²) in [5, 5.41) is 0. The molecule has 0 saturated heterocycles. The SMILES string of the molecule is O=C(CN(C(=O)CCc1ccccc1)C1CC1)N(Cc1ccccc1)Cc1ccco1. The first-order valence-corrected chi connectivity index (χ1v) is 10.9. The average Bonchev–Trinajstić information content (AvgIpc) is 3.52. The first kappa shape index (κ1) is 20.9. The van der Waals surface area contributed by atoms with Crippen LogP contribution in [0.2, 0.25) is 0 Å². The predicted molar refractivity (Wildman–Crippen MR) is 119 cm³/mol. The fraction of sp³-hybridized carbons (Fsp3) is 0.308. The van der Waals surface area contributed by atoms with E-state index < -0.39 is 0 Å². The molecule has 5 nitrogen and oxygen atoms in total. The molecule has 160 valence electrons.